The SMILES string of the molecule is O=S(=O)(O)O.[C]F.[NaH]. The maximum absolute atomic E-state index is 8.75. The summed E-state index contributed by atoms with van der Waals surface area (Å²) in [7, 11) is -0.417. The van der Waals surface area contributed by atoms with E-state index >= 15 is 0 Å². The van der Waals surface area contributed by atoms with Crippen LogP contribution < -0.4 is 0 Å². The number of hydrogen-bond donors (Lipinski definition) is 2. The average molecular weight is 153 g/mol. The van der Waals surface area contributed by atoms with Crippen molar-refractivity contribution in [1.82, 2.24) is 0 Å². The van der Waals surface area contributed by atoms with E-state index in [1.165, 1.54) is 0 Å². The van der Waals surface area contributed by atoms with E-state index in [9.17, 15) is 0 Å². The topological polar surface area (TPSA) is 74.6 Å². The van der Waals surface area contributed by atoms with E-state index in [1.807, 2.05) is 0 Å². The van der Waals surface area contributed by atoms with Gasteiger partial charge in [-0.25, -0.2) is 4.39 Å². The van der Waals surface area contributed by atoms with Gasteiger partial charge in [0.05, 0.1) is 0 Å². The van der Waals surface area contributed by atoms with Crippen LogP contribution in [0.2, 0.25) is 0 Å². The fourth-order valence-corrected chi connectivity index (χ4v) is 0. The van der Waals surface area contributed by atoms with Crippen LogP contribution in [-0.2, 0) is 10.4 Å². The molecule has 0 saturated carbocycles. The van der Waals surface area contributed by atoms with E-state index in [0.29, 0.717) is 0 Å². The molecule has 0 saturated heterocycles. The number of halogens is 1. The monoisotopic (exact) mass is 153 g/mol. The summed E-state index contributed by atoms with van der Waals surface area (Å²) in [6, 6.07) is 0. The van der Waals surface area contributed by atoms with Gasteiger partial charge in [0, 0.05) is 0 Å². The summed E-state index contributed by atoms with van der Waals surface area (Å²) in [5.74, 6) is 0. The van der Waals surface area contributed by atoms with Gasteiger partial charge in [0.1, 0.15) is 0 Å². The third-order valence-electron chi connectivity index (χ3n) is 0. The van der Waals surface area contributed by atoms with Crippen molar-refractivity contribution in [2.75, 3.05) is 0 Å². The number of hydrogen-bond acceptors (Lipinski definition) is 2. The Labute approximate surface area is 69.0 Å². The fraction of sp³-hybridized carbons (Fsp3) is 0. The van der Waals surface area contributed by atoms with Crippen LogP contribution >= 0.6 is 0 Å². The van der Waals surface area contributed by atoms with Crippen molar-refractivity contribution in [2.45, 2.75) is 0 Å². The van der Waals surface area contributed by atoms with Crippen molar-refractivity contribution in [3.8, 4) is 0 Å². The van der Waals surface area contributed by atoms with Crippen LogP contribution in [-0.4, -0.2) is 47.1 Å². The molecule has 0 spiro atoms. The van der Waals surface area contributed by atoms with Gasteiger partial charge >= 0.3 is 40.0 Å². The van der Waals surface area contributed by atoms with Gasteiger partial charge in [-0.15, -0.1) is 0 Å². The van der Waals surface area contributed by atoms with Gasteiger partial charge in [0.25, 0.3) is 0 Å². The first kappa shape index (κ1) is 15.9. The molecule has 0 unspecified atom stereocenters. The van der Waals surface area contributed by atoms with Crippen LogP contribution in [0.4, 0.5) is 4.39 Å². The molecule has 0 heterocycles. The van der Waals surface area contributed by atoms with Crippen LogP contribution in [0.25, 0.3) is 0 Å². The summed E-state index contributed by atoms with van der Waals surface area (Å²) in [6.45, 7) is 0. The Balaban J connectivity index is -0.0000000750. The Bertz CT molecular complexity index is 99.2. The van der Waals surface area contributed by atoms with Gasteiger partial charge in [-0.1, -0.05) is 0 Å². The third-order valence-corrected chi connectivity index (χ3v) is 0. The molecule has 8 heavy (non-hydrogen) atoms. The molecule has 0 bridgehead atoms. The Morgan fingerprint density at radius 3 is 1.25 bits per heavy atom. The quantitative estimate of drug-likeness (QED) is 0.353. The Kier molecular flexibility index (Phi) is 15.5. The fourth-order valence-electron chi connectivity index (χ4n) is 0. The second-order valence-electron chi connectivity index (χ2n) is 0.448. The molecule has 0 rings (SSSR count). The van der Waals surface area contributed by atoms with Crippen molar-refractivity contribution in [3.63, 3.8) is 0 Å². The van der Waals surface area contributed by atoms with Crippen LogP contribution in [0.5, 0.6) is 0 Å². The summed E-state index contributed by atoms with van der Waals surface area (Å²) >= 11 is 0. The van der Waals surface area contributed by atoms with Crippen molar-refractivity contribution < 1.29 is 21.9 Å². The predicted molar refractivity (Wildman–Crippen MR) is 25.7 cm³/mol. The van der Waals surface area contributed by atoms with Gasteiger partial charge in [-0.05, 0) is 0 Å². The minimum absolute atomic E-state index is 0. The zero-order valence-electron chi connectivity index (χ0n) is 3.00. The van der Waals surface area contributed by atoms with Crippen molar-refractivity contribution in [2.24, 2.45) is 0 Å². The molecule has 4 nitrogen and oxygen atoms in total. The van der Waals surface area contributed by atoms with E-state index in [2.05, 4.69) is 7.18 Å². The first-order valence-corrected chi connectivity index (χ1v) is 2.28. The van der Waals surface area contributed by atoms with Crippen LogP contribution in [0.1, 0.15) is 0 Å². The summed E-state index contributed by atoms with van der Waals surface area (Å²) in [6.07, 6.45) is 0. The van der Waals surface area contributed by atoms with Crippen molar-refractivity contribution in [1.29, 1.82) is 0 Å². The molecular formula is CH3FNaO4S. The van der Waals surface area contributed by atoms with Crippen molar-refractivity contribution >= 4 is 40.0 Å². The summed E-state index contributed by atoms with van der Waals surface area (Å²) in [5, 5.41) is 0. The number of rotatable bonds is 0. The van der Waals surface area contributed by atoms with Crippen molar-refractivity contribution in [3.05, 3.63) is 7.18 Å². The summed E-state index contributed by atoms with van der Waals surface area (Å²) in [4.78, 5) is 0. The van der Waals surface area contributed by atoms with Gasteiger partial charge < -0.3 is 0 Å². The Morgan fingerprint density at radius 2 is 1.25 bits per heavy atom. The maximum atomic E-state index is 8.75. The van der Waals surface area contributed by atoms with Gasteiger partial charge in [-0.2, -0.15) is 8.42 Å². The molecule has 45 valence electrons. The molecule has 0 aromatic heterocycles. The normalized spacial score (nSPS) is 8.00. The molecule has 0 aliphatic carbocycles. The first-order chi connectivity index (χ1) is 3.00. The average Bonchev–Trinajstić information content (AvgIpc) is 1.36. The molecular weight excluding hydrogens is 150 g/mol. The third kappa shape index (κ3) is 357. The van der Waals surface area contributed by atoms with Gasteiger partial charge in [0.15, 0.2) is 0 Å². The van der Waals surface area contributed by atoms with E-state index in [0.717, 1.165) is 0 Å². The van der Waals surface area contributed by atoms with Crippen LogP contribution in [0.3, 0.4) is 0 Å². The van der Waals surface area contributed by atoms with Crippen LogP contribution in [0.15, 0.2) is 0 Å². The second kappa shape index (κ2) is 7.80. The molecule has 0 aliphatic heterocycles. The standard InChI is InChI=1S/CF.Na.H2O4S.H/c1-2;;1-5(2,3)4;/h;;(H2,1,2,3,4);. The van der Waals surface area contributed by atoms with E-state index in [1.54, 1.807) is 0 Å². The van der Waals surface area contributed by atoms with E-state index in [4.69, 9.17) is 21.9 Å². The molecule has 0 aromatic rings. The molecule has 0 aliphatic rings. The molecule has 3 radical (unpaired) electrons. The molecule has 2 N–H and O–H groups in total. The zero-order chi connectivity index (χ0) is 6.50. The summed E-state index contributed by atoms with van der Waals surface area (Å²) < 4.78 is 40.3. The van der Waals surface area contributed by atoms with Crippen LogP contribution in [0, 0.1) is 7.18 Å². The van der Waals surface area contributed by atoms with Gasteiger partial charge in [0.2, 0.25) is 7.18 Å². The minimum atomic E-state index is -4.67. The molecule has 7 heteroatoms. The Hall–Kier alpha value is 0.800. The predicted octanol–water partition coefficient (Wildman–Crippen LogP) is -0.800. The Morgan fingerprint density at radius 1 is 1.25 bits per heavy atom. The van der Waals surface area contributed by atoms with Gasteiger partial charge in [-0.3, -0.25) is 9.11 Å². The summed E-state index contributed by atoms with van der Waals surface area (Å²) in [5.41, 5.74) is 0. The first-order valence-electron chi connectivity index (χ1n) is 0.887. The molecule has 0 atom stereocenters. The second-order valence-corrected chi connectivity index (χ2v) is 1.34. The molecule has 0 aromatic carbocycles. The molecule has 0 amide bonds. The van der Waals surface area contributed by atoms with E-state index in [-0.39, 0.29) is 29.6 Å². The van der Waals surface area contributed by atoms with E-state index < -0.39 is 10.4 Å². The molecule has 0 fully saturated rings. The zero-order valence-corrected chi connectivity index (χ0v) is 3.81.